The number of likely N-dealkylation sites (tertiary alicyclic amines) is 1. The van der Waals surface area contributed by atoms with E-state index in [1.807, 2.05) is 6.92 Å². The SMILES string of the molecule is COC(=O)C1(C)CC(N2CCCC(C3CNC3)C2)C1.Cl.Cl. The van der Waals surface area contributed by atoms with Gasteiger partial charge in [0.25, 0.3) is 0 Å². The maximum absolute atomic E-state index is 11.7. The zero-order chi connectivity index (χ0) is 13.5. The standard InChI is InChI=1S/C15H26N2O2.2ClH/c1-15(14(18)19-2)6-13(7-15)17-5-3-4-11(10-17)12-8-16-9-12;;/h11-13,16H,3-10H2,1-2H3;2*1H. The molecular formula is C15H28Cl2N2O2. The Bertz CT molecular complexity index is 358. The van der Waals surface area contributed by atoms with Crippen LogP contribution in [-0.2, 0) is 9.53 Å². The lowest BCUT2D eigenvalue weighted by molar-refractivity contribution is -0.162. The van der Waals surface area contributed by atoms with Crippen LogP contribution >= 0.6 is 24.8 Å². The molecule has 0 radical (unpaired) electrons. The van der Waals surface area contributed by atoms with E-state index < -0.39 is 0 Å². The lowest BCUT2D eigenvalue weighted by atomic mass is 9.65. The molecule has 0 amide bonds. The number of hydrogen-bond donors (Lipinski definition) is 1. The number of ether oxygens (including phenoxy) is 1. The van der Waals surface area contributed by atoms with Crippen molar-refractivity contribution in [2.45, 2.75) is 38.6 Å². The van der Waals surface area contributed by atoms with Crippen molar-refractivity contribution in [2.24, 2.45) is 17.3 Å². The Morgan fingerprint density at radius 1 is 1.24 bits per heavy atom. The fourth-order valence-corrected chi connectivity index (χ4v) is 4.05. The van der Waals surface area contributed by atoms with Crippen molar-refractivity contribution >= 4 is 30.8 Å². The Morgan fingerprint density at radius 2 is 1.90 bits per heavy atom. The van der Waals surface area contributed by atoms with Crippen LogP contribution in [-0.4, -0.2) is 50.2 Å². The molecule has 0 aromatic rings. The first-order valence-electron chi connectivity index (χ1n) is 7.65. The summed E-state index contributed by atoms with van der Waals surface area (Å²) in [5.74, 6) is 1.75. The third kappa shape index (κ3) is 3.66. The fraction of sp³-hybridized carbons (Fsp3) is 0.933. The molecule has 3 aliphatic rings. The van der Waals surface area contributed by atoms with E-state index in [0.717, 1.165) is 24.7 Å². The number of piperidine rings is 1. The van der Waals surface area contributed by atoms with Gasteiger partial charge in [-0.25, -0.2) is 0 Å². The molecule has 1 N–H and O–H groups in total. The molecule has 0 aromatic heterocycles. The smallest absolute Gasteiger partial charge is 0.311 e. The van der Waals surface area contributed by atoms with Gasteiger partial charge in [0, 0.05) is 12.6 Å². The summed E-state index contributed by atoms with van der Waals surface area (Å²) in [6.07, 6.45) is 4.68. The number of nitrogens with one attached hydrogen (secondary N) is 1. The number of hydrogen-bond acceptors (Lipinski definition) is 4. The average molecular weight is 339 g/mol. The van der Waals surface area contributed by atoms with Crippen molar-refractivity contribution in [2.75, 3.05) is 33.3 Å². The van der Waals surface area contributed by atoms with Gasteiger partial charge in [0.05, 0.1) is 12.5 Å². The van der Waals surface area contributed by atoms with Crippen LogP contribution < -0.4 is 5.32 Å². The van der Waals surface area contributed by atoms with Gasteiger partial charge in [0.1, 0.15) is 0 Å². The molecular weight excluding hydrogens is 311 g/mol. The first-order valence-corrected chi connectivity index (χ1v) is 7.65. The average Bonchev–Trinajstić information content (AvgIpc) is 2.32. The topological polar surface area (TPSA) is 41.6 Å². The first kappa shape index (κ1) is 19.0. The predicted molar refractivity (Wildman–Crippen MR) is 88.3 cm³/mol. The third-order valence-corrected chi connectivity index (χ3v) is 5.54. The second kappa shape index (κ2) is 7.49. The van der Waals surface area contributed by atoms with Crippen LogP contribution in [0.4, 0.5) is 0 Å². The molecule has 21 heavy (non-hydrogen) atoms. The molecule has 3 fully saturated rings. The van der Waals surface area contributed by atoms with E-state index in [1.54, 1.807) is 0 Å². The van der Waals surface area contributed by atoms with Crippen LogP contribution in [0.3, 0.4) is 0 Å². The number of halogens is 2. The van der Waals surface area contributed by atoms with E-state index in [4.69, 9.17) is 4.74 Å². The van der Waals surface area contributed by atoms with Crippen molar-refractivity contribution < 1.29 is 9.53 Å². The summed E-state index contributed by atoms with van der Waals surface area (Å²) in [6, 6.07) is 0.611. The maximum Gasteiger partial charge on any atom is 0.311 e. The Labute approximate surface area is 140 Å². The van der Waals surface area contributed by atoms with Crippen molar-refractivity contribution in [3.63, 3.8) is 0 Å². The lowest BCUT2D eigenvalue weighted by Crippen LogP contribution is -2.58. The number of esters is 1. The van der Waals surface area contributed by atoms with Crippen molar-refractivity contribution in [3.05, 3.63) is 0 Å². The normalized spacial score (nSPS) is 36.5. The monoisotopic (exact) mass is 338 g/mol. The molecule has 0 spiro atoms. The van der Waals surface area contributed by atoms with Gasteiger partial charge in [0.2, 0.25) is 0 Å². The highest BCUT2D eigenvalue weighted by Crippen LogP contribution is 2.45. The highest BCUT2D eigenvalue weighted by atomic mass is 35.5. The molecule has 2 aliphatic heterocycles. The largest absolute Gasteiger partial charge is 0.469 e. The fourth-order valence-electron chi connectivity index (χ4n) is 4.05. The van der Waals surface area contributed by atoms with Crippen LogP contribution in [0.1, 0.15) is 32.6 Å². The van der Waals surface area contributed by atoms with E-state index in [0.29, 0.717) is 6.04 Å². The van der Waals surface area contributed by atoms with Gasteiger partial charge in [-0.1, -0.05) is 0 Å². The van der Waals surface area contributed by atoms with Gasteiger partial charge in [-0.3, -0.25) is 4.79 Å². The second-order valence-corrected chi connectivity index (χ2v) is 6.93. The van der Waals surface area contributed by atoms with Gasteiger partial charge >= 0.3 is 5.97 Å². The van der Waals surface area contributed by atoms with Gasteiger partial charge < -0.3 is 15.0 Å². The zero-order valence-corrected chi connectivity index (χ0v) is 14.6. The summed E-state index contributed by atoms with van der Waals surface area (Å²) in [5.41, 5.74) is -0.218. The molecule has 3 rings (SSSR count). The Hall–Kier alpha value is -0.0300. The van der Waals surface area contributed by atoms with E-state index in [9.17, 15) is 4.79 Å². The van der Waals surface area contributed by atoms with E-state index >= 15 is 0 Å². The molecule has 4 nitrogen and oxygen atoms in total. The van der Waals surface area contributed by atoms with Gasteiger partial charge in [0.15, 0.2) is 0 Å². The Kier molecular flexibility index (Phi) is 6.79. The predicted octanol–water partition coefficient (Wildman–Crippen LogP) is 2.10. The lowest BCUT2D eigenvalue weighted by Gasteiger charge is -2.51. The maximum atomic E-state index is 11.7. The van der Waals surface area contributed by atoms with E-state index in [-0.39, 0.29) is 36.2 Å². The summed E-state index contributed by atoms with van der Waals surface area (Å²) in [6.45, 7) is 6.94. The van der Waals surface area contributed by atoms with Crippen molar-refractivity contribution in [1.29, 1.82) is 0 Å². The first-order chi connectivity index (χ1) is 9.12. The molecule has 2 saturated heterocycles. The quantitative estimate of drug-likeness (QED) is 0.800. The Morgan fingerprint density at radius 3 is 2.43 bits per heavy atom. The third-order valence-electron chi connectivity index (χ3n) is 5.54. The molecule has 1 saturated carbocycles. The molecule has 0 bridgehead atoms. The van der Waals surface area contributed by atoms with Crippen LogP contribution in [0.15, 0.2) is 0 Å². The van der Waals surface area contributed by atoms with Crippen LogP contribution in [0.25, 0.3) is 0 Å². The molecule has 0 aromatic carbocycles. The molecule has 2 heterocycles. The minimum Gasteiger partial charge on any atom is -0.469 e. The van der Waals surface area contributed by atoms with Crippen LogP contribution in [0.2, 0.25) is 0 Å². The van der Waals surface area contributed by atoms with E-state index in [2.05, 4.69) is 10.2 Å². The van der Waals surface area contributed by atoms with Crippen molar-refractivity contribution in [3.8, 4) is 0 Å². The number of carbonyl (C=O) groups excluding carboxylic acids is 1. The summed E-state index contributed by atoms with van der Waals surface area (Å²) in [4.78, 5) is 14.4. The second-order valence-electron chi connectivity index (χ2n) is 6.93. The van der Waals surface area contributed by atoms with Gasteiger partial charge in [-0.2, -0.15) is 0 Å². The van der Waals surface area contributed by atoms with E-state index in [1.165, 1.54) is 46.1 Å². The molecule has 6 heteroatoms. The Balaban J connectivity index is 0.00000110. The summed E-state index contributed by atoms with van der Waals surface area (Å²) in [7, 11) is 1.50. The minimum absolute atomic E-state index is 0. The highest BCUT2D eigenvalue weighted by Gasteiger charge is 2.50. The van der Waals surface area contributed by atoms with Crippen molar-refractivity contribution in [1.82, 2.24) is 10.2 Å². The highest BCUT2D eigenvalue weighted by molar-refractivity contribution is 5.85. The number of methoxy groups -OCH3 is 1. The van der Waals surface area contributed by atoms with Crippen LogP contribution in [0.5, 0.6) is 0 Å². The molecule has 1 atom stereocenters. The van der Waals surface area contributed by atoms with Crippen LogP contribution in [0, 0.1) is 17.3 Å². The molecule has 1 aliphatic carbocycles. The van der Waals surface area contributed by atoms with Gasteiger partial charge in [-0.05, 0) is 64.1 Å². The minimum atomic E-state index is -0.218. The summed E-state index contributed by atoms with van der Waals surface area (Å²) < 4.78 is 4.91. The number of nitrogens with zero attached hydrogens (tertiary/aromatic N) is 1. The summed E-state index contributed by atoms with van der Waals surface area (Å²) >= 11 is 0. The molecule has 1 unspecified atom stereocenters. The molecule has 124 valence electrons. The number of carbonyl (C=O) groups is 1. The zero-order valence-electron chi connectivity index (χ0n) is 13.0. The summed E-state index contributed by atoms with van der Waals surface area (Å²) in [5, 5.41) is 3.39. The van der Waals surface area contributed by atoms with Gasteiger partial charge in [-0.15, -0.1) is 24.8 Å². The number of rotatable bonds is 3.